The fourth-order valence-corrected chi connectivity index (χ4v) is 3.41. The lowest BCUT2D eigenvalue weighted by molar-refractivity contribution is -0.192. The second-order valence-corrected chi connectivity index (χ2v) is 10.2. The highest BCUT2D eigenvalue weighted by molar-refractivity contribution is 5.65. The molecule has 0 aliphatic carbocycles. The van der Waals surface area contributed by atoms with E-state index < -0.39 is 23.8 Å². The molecule has 0 aromatic heterocycles. The standard InChI is InChI=1S/C22H46N4O6/c1-18(27)32-26-11-9-23-8-10-24(16-19(28)30-21(2,3)4)12-13-25(14-15-26)17-20(29)31-22(5,6)7/h19-20,23,28-29H,8-17H2,1-7H3. The monoisotopic (exact) mass is 462 g/mol. The Morgan fingerprint density at radius 3 is 1.72 bits per heavy atom. The van der Waals surface area contributed by atoms with E-state index in [1.165, 1.54) is 6.92 Å². The minimum atomic E-state index is -0.935. The average Bonchev–Trinajstić information content (AvgIpc) is 2.57. The summed E-state index contributed by atoms with van der Waals surface area (Å²) in [6.45, 7) is 18.7. The number of carbonyl (C=O) groups excluding carboxylic acids is 1. The first-order valence-corrected chi connectivity index (χ1v) is 11.5. The van der Waals surface area contributed by atoms with Gasteiger partial charge < -0.3 is 29.8 Å². The number of aliphatic hydroxyl groups is 2. The molecule has 0 saturated carbocycles. The van der Waals surface area contributed by atoms with Gasteiger partial charge in [0, 0.05) is 72.4 Å². The largest absolute Gasteiger partial charge is 0.368 e. The smallest absolute Gasteiger partial charge is 0.322 e. The molecule has 0 spiro atoms. The summed E-state index contributed by atoms with van der Waals surface area (Å²) in [5.74, 6) is -0.348. The van der Waals surface area contributed by atoms with Gasteiger partial charge in [0.2, 0.25) is 0 Å². The third-order valence-electron chi connectivity index (χ3n) is 4.61. The normalized spacial score (nSPS) is 21.4. The second-order valence-electron chi connectivity index (χ2n) is 10.2. The van der Waals surface area contributed by atoms with Crippen LogP contribution in [-0.4, -0.2) is 120 Å². The SMILES string of the molecule is CC(=O)ON1CCNCCN(CC(O)OC(C)(C)C)CCN(CC(O)OC(C)(C)C)CC1. The third-order valence-corrected chi connectivity index (χ3v) is 4.61. The Hall–Kier alpha value is -0.850. The van der Waals surface area contributed by atoms with E-state index in [4.69, 9.17) is 14.3 Å². The van der Waals surface area contributed by atoms with Crippen molar-refractivity contribution in [3.63, 3.8) is 0 Å². The number of β-amino-alcohol motifs (C(OH)–C–C–N with tert-alkyl or cyclic N) is 2. The summed E-state index contributed by atoms with van der Waals surface area (Å²) in [7, 11) is 0. The zero-order valence-electron chi connectivity index (χ0n) is 21.1. The Balaban J connectivity index is 2.81. The predicted molar refractivity (Wildman–Crippen MR) is 123 cm³/mol. The first-order valence-electron chi connectivity index (χ1n) is 11.5. The van der Waals surface area contributed by atoms with Gasteiger partial charge in [0.15, 0.2) is 12.6 Å². The van der Waals surface area contributed by atoms with Gasteiger partial charge in [-0.3, -0.25) is 14.6 Å². The summed E-state index contributed by atoms with van der Waals surface area (Å²) in [6.07, 6.45) is -1.82. The Kier molecular flexibility index (Phi) is 12.5. The number of nitrogens with one attached hydrogen (secondary N) is 1. The molecule has 0 aromatic rings. The molecule has 0 radical (unpaired) electrons. The second kappa shape index (κ2) is 13.8. The van der Waals surface area contributed by atoms with Crippen molar-refractivity contribution in [3.8, 4) is 0 Å². The van der Waals surface area contributed by atoms with E-state index >= 15 is 0 Å². The lowest BCUT2D eigenvalue weighted by Crippen LogP contribution is -2.49. The molecule has 2 unspecified atom stereocenters. The summed E-state index contributed by atoms with van der Waals surface area (Å²) in [5, 5.41) is 25.8. The zero-order chi connectivity index (χ0) is 24.4. The van der Waals surface area contributed by atoms with Gasteiger partial charge in [0.05, 0.1) is 11.2 Å². The maximum atomic E-state index is 11.4. The minimum absolute atomic E-state index is 0.332. The number of ether oxygens (including phenoxy) is 2. The van der Waals surface area contributed by atoms with E-state index in [2.05, 4.69) is 15.1 Å². The average molecular weight is 463 g/mol. The lowest BCUT2D eigenvalue weighted by Gasteiger charge is -2.34. The van der Waals surface area contributed by atoms with E-state index in [1.54, 1.807) is 5.06 Å². The van der Waals surface area contributed by atoms with Crippen molar-refractivity contribution in [1.82, 2.24) is 20.2 Å². The number of aliphatic hydroxyl groups excluding tert-OH is 2. The molecule has 1 aliphatic rings. The van der Waals surface area contributed by atoms with Crippen molar-refractivity contribution in [3.05, 3.63) is 0 Å². The number of hydrogen-bond acceptors (Lipinski definition) is 10. The molecular formula is C22H46N4O6. The Morgan fingerprint density at radius 1 is 0.812 bits per heavy atom. The van der Waals surface area contributed by atoms with Crippen LogP contribution in [0.3, 0.4) is 0 Å². The van der Waals surface area contributed by atoms with Crippen molar-refractivity contribution in [1.29, 1.82) is 0 Å². The zero-order valence-corrected chi connectivity index (χ0v) is 21.1. The van der Waals surface area contributed by atoms with E-state index in [0.717, 1.165) is 13.1 Å². The number of carbonyl (C=O) groups is 1. The summed E-state index contributed by atoms with van der Waals surface area (Å²) in [4.78, 5) is 21.0. The molecule has 1 fully saturated rings. The Morgan fingerprint density at radius 2 is 1.25 bits per heavy atom. The van der Waals surface area contributed by atoms with Crippen molar-refractivity contribution < 1.29 is 29.3 Å². The van der Waals surface area contributed by atoms with Crippen LogP contribution in [0.1, 0.15) is 48.5 Å². The molecule has 3 N–H and O–H groups in total. The van der Waals surface area contributed by atoms with Crippen molar-refractivity contribution in [2.24, 2.45) is 0 Å². The highest BCUT2D eigenvalue weighted by Crippen LogP contribution is 2.12. The van der Waals surface area contributed by atoms with Gasteiger partial charge in [0.25, 0.3) is 0 Å². The van der Waals surface area contributed by atoms with Crippen LogP contribution in [-0.2, 0) is 19.1 Å². The van der Waals surface area contributed by atoms with Gasteiger partial charge in [-0.05, 0) is 41.5 Å². The molecule has 190 valence electrons. The molecule has 1 aliphatic heterocycles. The molecule has 1 rings (SSSR count). The molecule has 10 heteroatoms. The van der Waals surface area contributed by atoms with Gasteiger partial charge in [-0.2, -0.15) is 0 Å². The summed E-state index contributed by atoms with van der Waals surface area (Å²) >= 11 is 0. The minimum Gasteiger partial charge on any atom is -0.368 e. The Labute approximate surface area is 193 Å². The van der Waals surface area contributed by atoms with E-state index in [-0.39, 0.29) is 5.97 Å². The fourth-order valence-electron chi connectivity index (χ4n) is 3.41. The van der Waals surface area contributed by atoms with Crippen LogP contribution in [0.5, 0.6) is 0 Å². The van der Waals surface area contributed by atoms with Crippen molar-refractivity contribution in [2.45, 2.75) is 72.2 Å². The molecule has 10 nitrogen and oxygen atoms in total. The van der Waals surface area contributed by atoms with Crippen LogP contribution < -0.4 is 5.32 Å². The fraction of sp³-hybridized carbons (Fsp3) is 0.955. The highest BCUT2D eigenvalue weighted by atomic mass is 16.7. The van der Waals surface area contributed by atoms with Crippen LogP contribution in [0.4, 0.5) is 0 Å². The number of nitrogens with zero attached hydrogens (tertiary/aromatic N) is 3. The van der Waals surface area contributed by atoms with Gasteiger partial charge >= 0.3 is 5.97 Å². The molecule has 0 amide bonds. The highest BCUT2D eigenvalue weighted by Gasteiger charge is 2.23. The molecule has 1 saturated heterocycles. The summed E-state index contributed by atoms with van der Waals surface area (Å²) in [5.41, 5.74) is -0.882. The summed E-state index contributed by atoms with van der Waals surface area (Å²) in [6, 6.07) is 0. The maximum absolute atomic E-state index is 11.4. The lowest BCUT2D eigenvalue weighted by atomic mass is 10.2. The quantitative estimate of drug-likeness (QED) is 0.456. The maximum Gasteiger partial charge on any atom is 0.322 e. The van der Waals surface area contributed by atoms with Gasteiger partial charge in [-0.15, -0.1) is 5.06 Å². The van der Waals surface area contributed by atoms with Crippen molar-refractivity contribution in [2.75, 3.05) is 65.4 Å². The topological polar surface area (TPSA) is 107 Å². The first-order chi connectivity index (χ1) is 14.7. The van der Waals surface area contributed by atoms with Gasteiger partial charge in [0.1, 0.15) is 0 Å². The van der Waals surface area contributed by atoms with Crippen LogP contribution in [0.2, 0.25) is 0 Å². The number of rotatable bonds is 7. The molecule has 0 aromatic carbocycles. The van der Waals surface area contributed by atoms with Crippen LogP contribution in [0.15, 0.2) is 0 Å². The Bertz CT molecular complexity index is 537. The van der Waals surface area contributed by atoms with Crippen LogP contribution in [0, 0.1) is 0 Å². The molecule has 32 heavy (non-hydrogen) atoms. The summed E-state index contributed by atoms with van der Waals surface area (Å²) < 4.78 is 11.4. The van der Waals surface area contributed by atoms with Crippen LogP contribution >= 0.6 is 0 Å². The van der Waals surface area contributed by atoms with Gasteiger partial charge in [-0.25, -0.2) is 0 Å². The van der Waals surface area contributed by atoms with E-state index in [9.17, 15) is 15.0 Å². The van der Waals surface area contributed by atoms with E-state index in [1.807, 2.05) is 41.5 Å². The van der Waals surface area contributed by atoms with Crippen molar-refractivity contribution >= 4 is 5.97 Å². The third kappa shape index (κ3) is 15.1. The molecule has 2 atom stereocenters. The number of hydroxylamine groups is 2. The molecule has 1 heterocycles. The number of hydrogen-bond donors (Lipinski definition) is 3. The van der Waals surface area contributed by atoms with Crippen LogP contribution in [0.25, 0.3) is 0 Å². The van der Waals surface area contributed by atoms with E-state index in [0.29, 0.717) is 52.4 Å². The molecule has 0 bridgehead atoms. The predicted octanol–water partition coefficient (Wildman–Crippen LogP) is 0.241. The first kappa shape index (κ1) is 29.2. The van der Waals surface area contributed by atoms with Gasteiger partial charge in [-0.1, -0.05) is 0 Å². The molecular weight excluding hydrogens is 416 g/mol.